The van der Waals surface area contributed by atoms with E-state index in [2.05, 4.69) is 5.32 Å². The first-order valence-corrected chi connectivity index (χ1v) is 7.99. The van der Waals surface area contributed by atoms with Crippen molar-refractivity contribution in [2.75, 3.05) is 46.9 Å². The Morgan fingerprint density at radius 1 is 0.960 bits per heavy atom. The van der Waals surface area contributed by atoms with Crippen LogP contribution in [0.2, 0.25) is 0 Å². The summed E-state index contributed by atoms with van der Waals surface area (Å²) in [6, 6.07) is 4.82. The Balaban J connectivity index is 1.89. The Bertz CT molecular complexity index is 631. The fraction of sp³-hybridized carbons (Fsp3) is 0.471. The number of rotatable bonds is 5. The summed E-state index contributed by atoms with van der Waals surface area (Å²) in [6.07, 6.45) is 0. The lowest BCUT2D eigenvalue weighted by Crippen LogP contribution is -2.52. The van der Waals surface area contributed by atoms with Gasteiger partial charge in [0.15, 0.2) is 0 Å². The molecule has 0 bridgehead atoms. The van der Waals surface area contributed by atoms with Gasteiger partial charge in [-0.05, 0) is 12.1 Å². The number of hydrogen-bond acceptors (Lipinski definition) is 5. The minimum absolute atomic E-state index is 0.00683. The molecule has 0 radical (unpaired) electrons. The van der Waals surface area contributed by atoms with Gasteiger partial charge in [0.2, 0.25) is 11.8 Å². The summed E-state index contributed by atoms with van der Waals surface area (Å²) < 4.78 is 10.3. The monoisotopic (exact) mass is 349 g/mol. The zero-order valence-corrected chi connectivity index (χ0v) is 14.7. The molecule has 0 unspecified atom stereocenters. The average molecular weight is 349 g/mol. The molecule has 1 aromatic rings. The maximum Gasteiger partial charge on any atom is 0.251 e. The molecule has 1 fully saturated rings. The van der Waals surface area contributed by atoms with Crippen molar-refractivity contribution < 1.29 is 23.9 Å². The lowest BCUT2D eigenvalue weighted by Gasteiger charge is -2.34. The van der Waals surface area contributed by atoms with Gasteiger partial charge in [-0.2, -0.15) is 0 Å². The minimum atomic E-state index is -0.382. The first kappa shape index (κ1) is 18.6. The van der Waals surface area contributed by atoms with Gasteiger partial charge >= 0.3 is 0 Å². The van der Waals surface area contributed by atoms with Gasteiger partial charge in [0, 0.05) is 44.7 Å². The van der Waals surface area contributed by atoms with Crippen molar-refractivity contribution in [1.29, 1.82) is 0 Å². The maximum absolute atomic E-state index is 12.3. The van der Waals surface area contributed by atoms with Crippen molar-refractivity contribution in [1.82, 2.24) is 15.1 Å². The number of nitrogens with one attached hydrogen (secondary N) is 1. The standard InChI is InChI=1S/C17H23N3O5/c1-12(21)19-4-6-20(7-5-19)16(22)11-18-17(23)13-8-14(24-2)10-15(9-13)25-3/h8-10H,4-7,11H2,1-3H3,(H,18,23). The Labute approximate surface area is 146 Å². The predicted molar refractivity (Wildman–Crippen MR) is 90.7 cm³/mol. The Morgan fingerprint density at radius 2 is 1.48 bits per heavy atom. The third kappa shape index (κ3) is 4.85. The van der Waals surface area contributed by atoms with Crippen molar-refractivity contribution in [3.63, 3.8) is 0 Å². The summed E-state index contributed by atoms with van der Waals surface area (Å²) in [5, 5.41) is 2.61. The summed E-state index contributed by atoms with van der Waals surface area (Å²) in [7, 11) is 3.00. The number of hydrogen-bond donors (Lipinski definition) is 1. The molecule has 1 aliphatic heterocycles. The van der Waals surface area contributed by atoms with E-state index in [4.69, 9.17) is 9.47 Å². The second-order valence-corrected chi connectivity index (χ2v) is 5.67. The lowest BCUT2D eigenvalue weighted by molar-refractivity contribution is -0.137. The molecule has 1 N–H and O–H groups in total. The third-order valence-electron chi connectivity index (χ3n) is 4.09. The van der Waals surface area contributed by atoms with E-state index in [0.29, 0.717) is 43.2 Å². The van der Waals surface area contributed by atoms with Gasteiger partial charge in [-0.3, -0.25) is 14.4 Å². The van der Waals surface area contributed by atoms with Crippen LogP contribution in [0.5, 0.6) is 11.5 Å². The molecule has 1 aromatic carbocycles. The number of carbonyl (C=O) groups excluding carboxylic acids is 3. The van der Waals surface area contributed by atoms with Crippen LogP contribution in [0.15, 0.2) is 18.2 Å². The van der Waals surface area contributed by atoms with Gasteiger partial charge in [-0.25, -0.2) is 0 Å². The van der Waals surface area contributed by atoms with Crippen LogP contribution in [0.3, 0.4) is 0 Å². The van der Waals surface area contributed by atoms with E-state index >= 15 is 0 Å². The molecule has 8 heteroatoms. The minimum Gasteiger partial charge on any atom is -0.497 e. The van der Waals surface area contributed by atoms with Crippen LogP contribution in [-0.2, 0) is 9.59 Å². The van der Waals surface area contributed by atoms with E-state index in [-0.39, 0.29) is 24.3 Å². The molecule has 0 atom stereocenters. The van der Waals surface area contributed by atoms with Crippen molar-refractivity contribution in [2.45, 2.75) is 6.92 Å². The van der Waals surface area contributed by atoms with Crippen LogP contribution < -0.4 is 14.8 Å². The van der Waals surface area contributed by atoms with E-state index in [0.717, 1.165) is 0 Å². The van der Waals surface area contributed by atoms with Gasteiger partial charge in [-0.1, -0.05) is 0 Å². The summed E-state index contributed by atoms with van der Waals surface area (Å²) in [6.45, 7) is 3.39. The van der Waals surface area contributed by atoms with Gasteiger partial charge < -0.3 is 24.6 Å². The van der Waals surface area contributed by atoms with Crippen LogP contribution in [0, 0.1) is 0 Å². The molecule has 1 aliphatic rings. The van der Waals surface area contributed by atoms with E-state index < -0.39 is 0 Å². The third-order valence-corrected chi connectivity index (χ3v) is 4.09. The Morgan fingerprint density at radius 3 is 1.96 bits per heavy atom. The lowest BCUT2D eigenvalue weighted by atomic mass is 10.2. The number of methoxy groups -OCH3 is 2. The molecule has 3 amide bonds. The first-order valence-electron chi connectivity index (χ1n) is 7.99. The van der Waals surface area contributed by atoms with E-state index in [1.165, 1.54) is 21.1 Å². The molecule has 1 heterocycles. The number of amides is 3. The number of nitrogens with zero attached hydrogens (tertiary/aromatic N) is 2. The highest BCUT2D eigenvalue weighted by atomic mass is 16.5. The van der Waals surface area contributed by atoms with Crippen molar-refractivity contribution in [3.05, 3.63) is 23.8 Å². The number of ether oxygens (including phenoxy) is 2. The Kier molecular flexibility index (Phi) is 6.21. The molecule has 25 heavy (non-hydrogen) atoms. The molecule has 0 spiro atoms. The van der Waals surface area contributed by atoms with Gasteiger partial charge in [0.1, 0.15) is 11.5 Å². The zero-order valence-electron chi connectivity index (χ0n) is 14.7. The Hall–Kier alpha value is -2.77. The number of carbonyl (C=O) groups is 3. The first-order chi connectivity index (χ1) is 11.9. The van der Waals surface area contributed by atoms with Crippen molar-refractivity contribution in [3.8, 4) is 11.5 Å². The summed E-state index contributed by atoms with van der Waals surface area (Å²) >= 11 is 0. The summed E-state index contributed by atoms with van der Waals surface area (Å²) in [5.74, 6) is 0.444. The molecule has 0 aromatic heterocycles. The largest absolute Gasteiger partial charge is 0.497 e. The van der Waals surface area contributed by atoms with Crippen LogP contribution in [0.25, 0.3) is 0 Å². The molecule has 8 nitrogen and oxygen atoms in total. The fourth-order valence-electron chi connectivity index (χ4n) is 2.58. The zero-order chi connectivity index (χ0) is 18.4. The van der Waals surface area contributed by atoms with E-state index in [9.17, 15) is 14.4 Å². The van der Waals surface area contributed by atoms with Crippen LogP contribution in [0.1, 0.15) is 17.3 Å². The maximum atomic E-state index is 12.3. The predicted octanol–water partition coefficient (Wildman–Crippen LogP) is 0.124. The van der Waals surface area contributed by atoms with Gasteiger partial charge in [0.25, 0.3) is 5.91 Å². The molecule has 1 saturated heterocycles. The van der Waals surface area contributed by atoms with Gasteiger partial charge in [-0.15, -0.1) is 0 Å². The quantitative estimate of drug-likeness (QED) is 0.816. The molecular weight excluding hydrogens is 326 g/mol. The van der Waals surface area contributed by atoms with Crippen LogP contribution >= 0.6 is 0 Å². The molecule has 136 valence electrons. The molecule has 0 saturated carbocycles. The average Bonchev–Trinajstić information content (AvgIpc) is 2.65. The number of benzene rings is 1. The highest BCUT2D eigenvalue weighted by Gasteiger charge is 2.22. The van der Waals surface area contributed by atoms with Crippen molar-refractivity contribution in [2.24, 2.45) is 0 Å². The van der Waals surface area contributed by atoms with Crippen molar-refractivity contribution >= 4 is 17.7 Å². The summed E-state index contributed by atoms with van der Waals surface area (Å²) in [4.78, 5) is 39.1. The molecule has 2 rings (SSSR count). The van der Waals surface area contributed by atoms with Crippen LogP contribution in [-0.4, -0.2) is 74.5 Å². The highest BCUT2D eigenvalue weighted by Crippen LogP contribution is 2.22. The highest BCUT2D eigenvalue weighted by molar-refractivity contribution is 5.97. The summed E-state index contributed by atoms with van der Waals surface area (Å²) in [5.41, 5.74) is 0.352. The molecule has 0 aliphatic carbocycles. The SMILES string of the molecule is COc1cc(OC)cc(C(=O)NCC(=O)N2CCN(C(C)=O)CC2)c1. The normalized spacial score (nSPS) is 14.0. The second-order valence-electron chi connectivity index (χ2n) is 5.67. The topological polar surface area (TPSA) is 88.2 Å². The number of piperazine rings is 1. The second kappa shape index (κ2) is 8.36. The fourth-order valence-corrected chi connectivity index (χ4v) is 2.58. The van der Waals surface area contributed by atoms with E-state index in [1.807, 2.05) is 0 Å². The smallest absolute Gasteiger partial charge is 0.251 e. The van der Waals surface area contributed by atoms with E-state index in [1.54, 1.807) is 28.0 Å². The van der Waals surface area contributed by atoms with Gasteiger partial charge in [0.05, 0.1) is 20.8 Å². The molecular formula is C17H23N3O5. The van der Waals surface area contributed by atoms with Crippen LogP contribution in [0.4, 0.5) is 0 Å².